The smallest absolute Gasteiger partial charge is 0.407 e. The van der Waals surface area contributed by atoms with Crippen LogP contribution in [0.5, 0.6) is 0 Å². The van der Waals surface area contributed by atoms with Gasteiger partial charge >= 0.3 is 12.1 Å². The van der Waals surface area contributed by atoms with Crippen LogP contribution in [0.1, 0.15) is 27.6 Å². The predicted octanol–water partition coefficient (Wildman–Crippen LogP) is 1.93. The lowest BCUT2D eigenvalue weighted by Gasteiger charge is -2.19. The van der Waals surface area contributed by atoms with E-state index in [2.05, 4.69) is 10.1 Å². The number of rotatable bonds is 7. The number of carbonyl (C=O) groups excluding carboxylic acids is 2. The third-order valence-electron chi connectivity index (χ3n) is 3.77. The van der Waals surface area contributed by atoms with E-state index in [4.69, 9.17) is 4.74 Å². The summed E-state index contributed by atoms with van der Waals surface area (Å²) in [4.78, 5) is 23.2. The van der Waals surface area contributed by atoms with Crippen molar-refractivity contribution < 1.29 is 33.7 Å². The molecule has 0 aliphatic rings. The Morgan fingerprint density at radius 2 is 1.85 bits per heavy atom. The van der Waals surface area contributed by atoms with Gasteiger partial charge in [-0.25, -0.2) is 14.0 Å². The molecule has 0 aliphatic carbocycles. The molecule has 0 bridgehead atoms. The number of hydrogen-bond donors (Lipinski definition) is 3. The van der Waals surface area contributed by atoms with E-state index >= 15 is 0 Å². The summed E-state index contributed by atoms with van der Waals surface area (Å²) in [7, 11) is 1.17. The summed E-state index contributed by atoms with van der Waals surface area (Å²) in [6.45, 7) is -0.336. The van der Waals surface area contributed by atoms with E-state index in [9.17, 15) is 24.2 Å². The van der Waals surface area contributed by atoms with Gasteiger partial charge in [0.05, 0.1) is 12.7 Å². The molecule has 2 rings (SSSR count). The first-order chi connectivity index (χ1) is 12.9. The molecular formula is C19H20FNO6. The van der Waals surface area contributed by atoms with E-state index in [0.717, 1.165) is 17.7 Å². The molecule has 1 amide bonds. The number of aliphatic hydroxyl groups excluding tert-OH is 2. The first-order valence-corrected chi connectivity index (χ1v) is 8.10. The third-order valence-corrected chi connectivity index (χ3v) is 3.77. The Bertz CT molecular complexity index is 783. The standard InChI is InChI=1S/C19H20FNO6/c1-26-18(24)13-7-8-15(20)14(9-13)17(23)16(22)10-21-19(25)27-11-12-5-3-2-4-6-12/h2-9,16-17,22-23H,10-11H2,1H3,(H,21,25). The molecule has 144 valence electrons. The van der Waals surface area contributed by atoms with E-state index in [1.54, 1.807) is 24.3 Å². The molecule has 2 aromatic carbocycles. The fourth-order valence-electron chi connectivity index (χ4n) is 2.30. The number of hydrogen-bond acceptors (Lipinski definition) is 6. The number of nitrogens with one attached hydrogen (secondary N) is 1. The molecule has 2 atom stereocenters. The van der Waals surface area contributed by atoms with Gasteiger partial charge in [-0.2, -0.15) is 0 Å². The van der Waals surface area contributed by atoms with Crippen LogP contribution in [0.2, 0.25) is 0 Å². The zero-order chi connectivity index (χ0) is 19.8. The van der Waals surface area contributed by atoms with Crippen molar-refractivity contribution >= 4 is 12.1 Å². The lowest BCUT2D eigenvalue weighted by atomic mass is 10.0. The van der Waals surface area contributed by atoms with Crippen LogP contribution in [0.3, 0.4) is 0 Å². The van der Waals surface area contributed by atoms with Crippen molar-refractivity contribution in [1.29, 1.82) is 0 Å². The molecule has 0 heterocycles. The summed E-state index contributed by atoms with van der Waals surface area (Å²) < 4.78 is 23.4. The highest BCUT2D eigenvalue weighted by Crippen LogP contribution is 2.22. The first kappa shape index (κ1) is 20.3. The zero-order valence-corrected chi connectivity index (χ0v) is 14.6. The molecule has 2 aromatic rings. The summed E-state index contributed by atoms with van der Waals surface area (Å²) in [6, 6.07) is 12.3. The Hall–Kier alpha value is -2.97. The van der Waals surface area contributed by atoms with Crippen molar-refractivity contribution in [3.63, 3.8) is 0 Å². The summed E-state index contributed by atoms with van der Waals surface area (Å²) in [6.07, 6.45) is -3.98. The zero-order valence-electron chi connectivity index (χ0n) is 14.6. The summed E-state index contributed by atoms with van der Waals surface area (Å²) >= 11 is 0. The quantitative estimate of drug-likeness (QED) is 0.637. The molecule has 0 spiro atoms. The minimum Gasteiger partial charge on any atom is -0.465 e. The number of halogens is 1. The number of esters is 1. The van der Waals surface area contributed by atoms with Crippen LogP contribution in [-0.4, -0.2) is 42.0 Å². The molecule has 0 aliphatic heterocycles. The number of amides is 1. The topological polar surface area (TPSA) is 105 Å². The lowest BCUT2D eigenvalue weighted by molar-refractivity contribution is 0.0163. The fraction of sp³-hybridized carbons (Fsp3) is 0.263. The molecule has 3 N–H and O–H groups in total. The molecule has 2 unspecified atom stereocenters. The van der Waals surface area contributed by atoms with E-state index in [-0.39, 0.29) is 24.3 Å². The Labute approximate surface area is 155 Å². The van der Waals surface area contributed by atoms with Crippen molar-refractivity contribution in [2.75, 3.05) is 13.7 Å². The van der Waals surface area contributed by atoms with E-state index in [0.29, 0.717) is 0 Å². The van der Waals surface area contributed by atoms with Crippen molar-refractivity contribution in [2.24, 2.45) is 0 Å². The van der Waals surface area contributed by atoms with Crippen LogP contribution >= 0.6 is 0 Å². The summed E-state index contributed by atoms with van der Waals surface area (Å²) in [5, 5.41) is 22.4. The monoisotopic (exact) mass is 377 g/mol. The highest BCUT2D eigenvalue weighted by Gasteiger charge is 2.24. The highest BCUT2D eigenvalue weighted by molar-refractivity contribution is 5.89. The summed E-state index contributed by atoms with van der Waals surface area (Å²) in [5.41, 5.74) is 0.523. The van der Waals surface area contributed by atoms with E-state index in [1.165, 1.54) is 13.2 Å². The Morgan fingerprint density at radius 1 is 1.15 bits per heavy atom. The second kappa shape index (κ2) is 9.65. The SMILES string of the molecule is COC(=O)c1ccc(F)c(C(O)C(O)CNC(=O)OCc2ccccc2)c1. The van der Waals surface area contributed by atoms with Crippen molar-refractivity contribution in [3.8, 4) is 0 Å². The van der Waals surface area contributed by atoms with Gasteiger partial charge in [0.1, 0.15) is 24.6 Å². The molecule has 27 heavy (non-hydrogen) atoms. The van der Waals surface area contributed by atoms with Gasteiger partial charge < -0.3 is 25.0 Å². The third kappa shape index (κ3) is 5.77. The second-order valence-corrected chi connectivity index (χ2v) is 5.68. The van der Waals surface area contributed by atoms with Gasteiger partial charge in [0, 0.05) is 12.1 Å². The summed E-state index contributed by atoms with van der Waals surface area (Å²) in [5.74, 6) is -1.51. The number of benzene rings is 2. The van der Waals surface area contributed by atoms with Gasteiger partial charge in [-0.1, -0.05) is 30.3 Å². The molecular weight excluding hydrogens is 357 g/mol. The van der Waals surface area contributed by atoms with Gasteiger partial charge in [0.15, 0.2) is 0 Å². The number of ether oxygens (including phenoxy) is 2. The molecule has 0 saturated heterocycles. The maximum absolute atomic E-state index is 13.9. The molecule has 7 nitrogen and oxygen atoms in total. The van der Waals surface area contributed by atoms with Crippen LogP contribution in [-0.2, 0) is 16.1 Å². The van der Waals surface area contributed by atoms with Gasteiger partial charge in [-0.05, 0) is 23.8 Å². The van der Waals surface area contributed by atoms with Gasteiger partial charge in [-0.3, -0.25) is 0 Å². The Kier molecular flexibility index (Phi) is 7.27. The minimum atomic E-state index is -1.66. The number of carbonyl (C=O) groups is 2. The number of alkyl carbamates (subject to hydrolysis) is 1. The van der Waals surface area contributed by atoms with Crippen LogP contribution in [0.15, 0.2) is 48.5 Å². The van der Waals surface area contributed by atoms with Gasteiger partial charge in [-0.15, -0.1) is 0 Å². The van der Waals surface area contributed by atoms with Crippen molar-refractivity contribution in [3.05, 3.63) is 71.0 Å². The minimum absolute atomic E-state index is 0.0235. The van der Waals surface area contributed by atoms with Crippen molar-refractivity contribution in [2.45, 2.75) is 18.8 Å². The Morgan fingerprint density at radius 3 is 2.52 bits per heavy atom. The molecule has 8 heteroatoms. The van der Waals surface area contributed by atoms with Crippen LogP contribution in [0.4, 0.5) is 9.18 Å². The fourth-order valence-corrected chi connectivity index (χ4v) is 2.30. The second-order valence-electron chi connectivity index (χ2n) is 5.68. The maximum atomic E-state index is 13.9. The average molecular weight is 377 g/mol. The normalized spacial score (nSPS) is 12.7. The van der Waals surface area contributed by atoms with Crippen LogP contribution in [0.25, 0.3) is 0 Å². The van der Waals surface area contributed by atoms with Crippen LogP contribution in [0, 0.1) is 5.82 Å². The Balaban J connectivity index is 1.90. The van der Waals surface area contributed by atoms with Crippen LogP contribution < -0.4 is 5.32 Å². The maximum Gasteiger partial charge on any atom is 0.407 e. The molecule has 0 aromatic heterocycles. The van der Waals surface area contributed by atoms with E-state index in [1.807, 2.05) is 6.07 Å². The number of methoxy groups -OCH3 is 1. The molecule has 0 fully saturated rings. The number of aliphatic hydroxyl groups is 2. The largest absolute Gasteiger partial charge is 0.465 e. The first-order valence-electron chi connectivity index (χ1n) is 8.10. The van der Waals surface area contributed by atoms with E-state index < -0.39 is 30.1 Å². The average Bonchev–Trinajstić information content (AvgIpc) is 2.70. The lowest BCUT2D eigenvalue weighted by Crippen LogP contribution is -2.36. The molecule has 0 radical (unpaired) electrons. The van der Waals surface area contributed by atoms with Gasteiger partial charge in [0.25, 0.3) is 0 Å². The van der Waals surface area contributed by atoms with Crippen molar-refractivity contribution in [1.82, 2.24) is 5.32 Å². The highest BCUT2D eigenvalue weighted by atomic mass is 19.1. The molecule has 0 saturated carbocycles. The predicted molar refractivity (Wildman–Crippen MR) is 93.3 cm³/mol. The van der Waals surface area contributed by atoms with Gasteiger partial charge in [0.2, 0.25) is 0 Å².